The lowest BCUT2D eigenvalue weighted by Gasteiger charge is -2.17. The third-order valence-corrected chi connectivity index (χ3v) is 5.65. The standard InChI is InChI=1S/C23H25N5O5S2/c29-19(26-20-27-28-23(34)35-20)18(25-22(31)33-15-17-10-5-2-6-11-17)12-7-13-24-21(30)32-14-16-8-3-1-4-9-16/h1-6,8-11,18H,7,12-15H2,(H,24,30)(H,25,31)(H,28,34)(H,26,27,29)/t18-/m0/s1. The van der Waals surface area contributed by atoms with Gasteiger partial charge in [0.2, 0.25) is 11.0 Å². The zero-order valence-electron chi connectivity index (χ0n) is 18.7. The van der Waals surface area contributed by atoms with Gasteiger partial charge in [-0.2, -0.15) is 0 Å². The van der Waals surface area contributed by atoms with Gasteiger partial charge in [0.1, 0.15) is 19.3 Å². The van der Waals surface area contributed by atoms with Gasteiger partial charge in [0.15, 0.2) is 3.95 Å². The Kier molecular flexibility index (Phi) is 10.2. The second-order valence-corrected chi connectivity index (χ2v) is 8.96. The van der Waals surface area contributed by atoms with Gasteiger partial charge in [-0.25, -0.2) is 9.59 Å². The fraction of sp³-hybridized carbons (Fsp3) is 0.261. The number of aromatic nitrogens is 2. The lowest BCUT2D eigenvalue weighted by atomic mass is 10.1. The molecule has 0 fully saturated rings. The summed E-state index contributed by atoms with van der Waals surface area (Å²) in [6.07, 6.45) is -0.672. The molecule has 0 aliphatic heterocycles. The number of benzene rings is 2. The van der Waals surface area contributed by atoms with Crippen molar-refractivity contribution in [3.63, 3.8) is 0 Å². The first-order chi connectivity index (χ1) is 17.0. The highest BCUT2D eigenvalue weighted by Crippen LogP contribution is 2.12. The summed E-state index contributed by atoms with van der Waals surface area (Å²) < 4.78 is 10.8. The number of hydrogen-bond donors (Lipinski definition) is 4. The highest BCUT2D eigenvalue weighted by atomic mass is 32.1. The van der Waals surface area contributed by atoms with E-state index in [1.807, 2.05) is 60.7 Å². The molecule has 0 aliphatic carbocycles. The monoisotopic (exact) mass is 515 g/mol. The Morgan fingerprint density at radius 2 is 1.54 bits per heavy atom. The maximum atomic E-state index is 12.7. The minimum Gasteiger partial charge on any atom is -0.445 e. The van der Waals surface area contributed by atoms with Crippen molar-refractivity contribution >= 4 is 46.8 Å². The average Bonchev–Trinajstić information content (AvgIpc) is 3.28. The summed E-state index contributed by atoms with van der Waals surface area (Å²) in [4.78, 5) is 37.0. The second-order valence-electron chi connectivity index (χ2n) is 7.30. The third kappa shape index (κ3) is 9.55. The molecule has 1 aromatic heterocycles. The molecule has 184 valence electrons. The molecular weight excluding hydrogens is 490 g/mol. The summed E-state index contributed by atoms with van der Waals surface area (Å²) in [5.41, 5.74) is 1.69. The molecule has 0 bridgehead atoms. The Balaban J connectivity index is 1.47. The van der Waals surface area contributed by atoms with Crippen LogP contribution in [0, 0.1) is 3.95 Å². The van der Waals surface area contributed by atoms with Crippen molar-refractivity contribution in [2.24, 2.45) is 0 Å². The number of aromatic amines is 1. The molecule has 3 rings (SSSR count). The molecule has 1 atom stereocenters. The van der Waals surface area contributed by atoms with E-state index in [0.29, 0.717) is 10.4 Å². The topological polar surface area (TPSA) is 134 Å². The normalized spacial score (nSPS) is 11.2. The summed E-state index contributed by atoms with van der Waals surface area (Å²) in [6.45, 7) is 0.470. The quantitative estimate of drug-likeness (QED) is 0.223. The van der Waals surface area contributed by atoms with Gasteiger partial charge < -0.3 is 20.1 Å². The number of carbonyl (C=O) groups is 3. The van der Waals surface area contributed by atoms with Crippen LogP contribution in [0.4, 0.5) is 14.7 Å². The van der Waals surface area contributed by atoms with Crippen LogP contribution in [-0.4, -0.2) is 40.9 Å². The molecule has 0 aliphatic rings. The van der Waals surface area contributed by atoms with E-state index in [9.17, 15) is 14.4 Å². The molecule has 0 spiro atoms. The van der Waals surface area contributed by atoms with Gasteiger partial charge >= 0.3 is 12.2 Å². The molecular formula is C23H25N5O5S2. The molecule has 4 N–H and O–H groups in total. The van der Waals surface area contributed by atoms with Crippen molar-refractivity contribution in [2.75, 3.05) is 11.9 Å². The summed E-state index contributed by atoms with van der Waals surface area (Å²) in [5.74, 6) is -0.480. The van der Waals surface area contributed by atoms with Crippen molar-refractivity contribution in [2.45, 2.75) is 32.1 Å². The van der Waals surface area contributed by atoms with Gasteiger partial charge in [0.05, 0.1) is 0 Å². The zero-order valence-corrected chi connectivity index (χ0v) is 20.3. The molecule has 0 saturated heterocycles. The van der Waals surface area contributed by atoms with Gasteiger partial charge in [-0.05, 0) is 36.2 Å². The van der Waals surface area contributed by atoms with Crippen LogP contribution in [0.1, 0.15) is 24.0 Å². The number of H-pyrrole nitrogens is 1. The molecule has 10 nitrogen and oxygen atoms in total. The van der Waals surface area contributed by atoms with Crippen molar-refractivity contribution < 1.29 is 23.9 Å². The predicted molar refractivity (Wildman–Crippen MR) is 133 cm³/mol. The molecule has 0 unspecified atom stereocenters. The van der Waals surface area contributed by atoms with Gasteiger partial charge in [-0.3, -0.25) is 15.2 Å². The molecule has 12 heteroatoms. The molecule has 3 amide bonds. The maximum absolute atomic E-state index is 12.7. The fourth-order valence-electron chi connectivity index (χ4n) is 2.92. The SMILES string of the molecule is O=C(NCCC[C@H](NC(=O)OCc1ccccc1)C(=O)Nc1n[nH]c(=S)s1)OCc1ccccc1. The molecule has 0 saturated carbocycles. The first-order valence-corrected chi connectivity index (χ1v) is 12.0. The first-order valence-electron chi connectivity index (χ1n) is 10.8. The maximum Gasteiger partial charge on any atom is 0.408 e. The number of nitrogens with zero attached hydrogens (tertiary/aromatic N) is 1. The van der Waals surface area contributed by atoms with Crippen LogP contribution in [0.25, 0.3) is 0 Å². The lowest BCUT2D eigenvalue weighted by Crippen LogP contribution is -2.44. The number of carbonyl (C=O) groups excluding carboxylic acids is 3. The number of amides is 3. The number of hydrogen-bond acceptors (Lipinski definition) is 8. The van der Waals surface area contributed by atoms with Crippen molar-refractivity contribution in [3.8, 4) is 0 Å². The van der Waals surface area contributed by atoms with Gasteiger partial charge in [0.25, 0.3) is 0 Å². The minimum atomic E-state index is -0.919. The van der Waals surface area contributed by atoms with Crippen LogP contribution in [-0.2, 0) is 27.5 Å². The second kappa shape index (κ2) is 13.8. The van der Waals surface area contributed by atoms with Crippen molar-refractivity contribution in [3.05, 3.63) is 75.7 Å². The fourth-order valence-corrected chi connectivity index (χ4v) is 3.71. The highest BCUT2D eigenvalue weighted by molar-refractivity contribution is 7.73. The zero-order chi connectivity index (χ0) is 24.9. The van der Waals surface area contributed by atoms with E-state index in [0.717, 1.165) is 22.5 Å². The van der Waals surface area contributed by atoms with E-state index in [1.54, 1.807) is 0 Å². The van der Waals surface area contributed by atoms with Crippen LogP contribution in [0.5, 0.6) is 0 Å². The average molecular weight is 516 g/mol. The Bertz CT molecular complexity index is 1150. The molecule has 2 aromatic carbocycles. The van der Waals surface area contributed by atoms with Crippen molar-refractivity contribution in [1.82, 2.24) is 20.8 Å². The van der Waals surface area contributed by atoms with E-state index in [-0.39, 0.29) is 31.3 Å². The van der Waals surface area contributed by atoms with Crippen LogP contribution < -0.4 is 16.0 Å². The third-order valence-electron chi connectivity index (χ3n) is 4.64. The Labute approximate surface area is 211 Å². The number of ether oxygens (including phenoxy) is 2. The lowest BCUT2D eigenvalue weighted by molar-refractivity contribution is -0.118. The van der Waals surface area contributed by atoms with Crippen LogP contribution in [0.15, 0.2) is 60.7 Å². The summed E-state index contributed by atoms with van der Waals surface area (Å²) in [6, 6.07) is 17.6. The Morgan fingerprint density at radius 1 is 0.943 bits per heavy atom. The van der Waals surface area contributed by atoms with E-state index < -0.39 is 24.1 Å². The van der Waals surface area contributed by atoms with Gasteiger partial charge in [-0.1, -0.05) is 72.0 Å². The first kappa shape index (κ1) is 25.8. The van der Waals surface area contributed by atoms with E-state index >= 15 is 0 Å². The van der Waals surface area contributed by atoms with E-state index in [4.69, 9.17) is 21.7 Å². The summed E-state index contributed by atoms with van der Waals surface area (Å²) in [7, 11) is 0. The highest BCUT2D eigenvalue weighted by Gasteiger charge is 2.22. The summed E-state index contributed by atoms with van der Waals surface area (Å²) in [5, 5.41) is 14.6. The molecule has 35 heavy (non-hydrogen) atoms. The van der Waals surface area contributed by atoms with Gasteiger partial charge in [-0.15, -0.1) is 5.10 Å². The van der Waals surface area contributed by atoms with Crippen LogP contribution >= 0.6 is 23.6 Å². The number of anilines is 1. The minimum absolute atomic E-state index is 0.0660. The number of alkyl carbamates (subject to hydrolysis) is 2. The Morgan fingerprint density at radius 3 is 2.11 bits per heavy atom. The molecule has 0 radical (unpaired) electrons. The van der Waals surface area contributed by atoms with E-state index in [1.165, 1.54) is 0 Å². The molecule has 3 aromatic rings. The van der Waals surface area contributed by atoms with Gasteiger partial charge in [0, 0.05) is 6.54 Å². The van der Waals surface area contributed by atoms with Crippen LogP contribution in [0.2, 0.25) is 0 Å². The smallest absolute Gasteiger partial charge is 0.408 e. The van der Waals surface area contributed by atoms with E-state index in [2.05, 4.69) is 26.1 Å². The summed E-state index contributed by atoms with van der Waals surface area (Å²) >= 11 is 6.07. The van der Waals surface area contributed by atoms with Crippen LogP contribution in [0.3, 0.4) is 0 Å². The molecule has 1 heterocycles. The Hall–Kier alpha value is -3.77. The number of rotatable bonds is 11. The van der Waals surface area contributed by atoms with Crippen molar-refractivity contribution in [1.29, 1.82) is 0 Å². The predicted octanol–water partition coefficient (Wildman–Crippen LogP) is 4.14. The largest absolute Gasteiger partial charge is 0.445 e. The number of nitrogens with one attached hydrogen (secondary N) is 4.